The van der Waals surface area contributed by atoms with Crippen LogP contribution in [0.4, 0.5) is 0 Å². The van der Waals surface area contributed by atoms with Gasteiger partial charge in [-0.15, -0.1) is 6.58 Å². The fourth-order valence-electron chi connectivity index (χ4n) is 0.531. The molecule has 1 unspecified atom stereocenters. The fraction of sp³-hybridized carbons (Fsp3) is 0.429. The van der Waals surface area contributed by atoms with E-state index in [2.05, 4.69) is 21.5 Å². The number of hydrogen-bond acceptors (Lipinski definition) is 5. The molecule has 0 spiro atoms. The number of rotatable bonds is 6. The van der Waals surface area contributed by atoms with Gasteiger partial charge in [0.2, 0.25) is 6.10 Å². The Morgan fingerprint density at radius 1 is 1.85 bits per heavy atom. The Morgan fingerprint density at radius 3 is 2.85 bits per heavy atom. The van der Waals surface area contributed by atoms with Crippen LogP contribution in [0.3, 0.4) is 0 Å². The molecule has 0 aromatic rings. The molecule has 0 bridgehead atoms. The maximum Gasteiger partial charge on any atom is 0.255 e. The van der Waals surface area contributed by atoms with Crippen LogP contribution in [0.5, 0.6) is 0 Å². The maximum atomic E-state index is 10.7. The predicted molar refractivity (Wildman–Crippen MR) is 45.1 cm³/mol. The zero-order valence-corrected chi connectivity index (χ0v) is 7.27. The van der Waals surface area contributed by atoms with E-state index in [0.29, 0.717) is 0 Å². The van der Waals surface area contributed by atoms with E-state index in [1.807, 2.05) is 0 Å². The predicted octanol–water partition coefficient (Wildman–Crippen LogP) is -0.175. The van der Waals surface area contributed by atoms with E-state index in [-0.39, 0.29) is 12.3 Å². The van der Waals surface area contributed by atoms with E-state index in [4.69, 9.17) is 10.9 Å². The molecule has 0 fully saturated rings. The third kappa shape index (κ3) is 4.24. The number of nitrogens with zero attached hydrogens (tertiary/aromatic N) is 1. The van der Waals surface area contributed by atoms with Crippen LogP contribution in [0.2, 0.25) is 0 Å². The molecule has 13 heavy (non-hydrogen) atoms. The minimum absolute atomic E-state index is 0.0246. The fourth-order valence-corrected chi connectivity index (χ4v) is 0.531. The van der Waals surface area contributed by atoms with Crippen LogP contribution in [0, 0.1) is 0 Å². The molecule has 3 N–H and O–H groups in total. The summed E-state index contributed by atoms with van der Waals surface area (Å²) in [5.74, 6) is -0.792. The molecule has 0 saturated heterocycles. The quantitative estimate of drug-likeness (QED) is 0.151. The van der Waals surface area contributed by atoms with Crippen molar-refractivity contribution >= 4 is 11.6 Å². The van der Waals surface area contributed by atoms with Crippen molar-refractivity contribution < 1.29 is 19.8 Å². The van der Waals surface area contributed by atoms with Crippen molar-refractivity contribution in [2.75, 3.05) is 6.61 Å². The van der Waals surface area contributed by atoms with Crippen LogP contribution >= 0.6 is 0 Å². The first-order chi connectivity index (χ1) is 6.13. The average Bonchev–Trinajstić information content (AvgIpc) is 2.11. The SMILES string of the molecule is C=CCOOC(C(N)=O)C(C)=NO. The first kappa shape index (κ1) is 11.6. The van der Waals surface area contributed by atoms with E-state index < -0.39 is 12.0 Å². The molecule has 6 heteroatoms. The summed E-state index contributed by atoms with van der Waals surface area (Å²) in [7, 11) is 0. The van der Waals surface area contributed by atoms with Crippen LogP contribution in [0.15, 0.2) is 17.8 Å². The second-order valence-corrected chi connectivity index (χ2v) is 2.19. The van der Waals surface area contributed by atoms with Crippen LogP contribution in [0.25, 0.3) is 0 Å². The molecule has 0 saturated carbocycles. The molecule has 0 heterocycles. The molecule has 0 rings (SSSR count). The standard InChI is InChI=1S/C7H12N2O4/c1-3-4-12-13-6(7(8)10)5(2)9-11/h3,6,11H,1,4H2,2H3,(H2,8,10). The molecule has 1 atom stereocenters. The lowest BCUT2D eigenvalue weighted by atomic mass is 10.2. The second-order valence-electron chi connectivity index (χ2n) is 2.19. The summed E-state index contributed by atoms with van der Waals surface area (Å²) in [5, 5.41) is 11.1. The van der Waals surface area contributed by atoms with Gasteiger partial charge in [-0.1, -0.05) is 11.2 Å². The Labute approximate surface area is 75.5 Å². The number of amides is 1. The van der Waals surface area contributed by atoms with Gasteiger partial charge in [-0.2, -0.15) is 0 Å². The number of carbonyl (C=O) groups excluding carboxylic acids is 1. The Balaban J connectivity index is 4.11. The maximum absolute atomic E-state index is 10.7. The van der Waals surface area contributed by atoms with E-state index >= 15 is 0 Å². The summed E-state index contributed by atoms with van der Waals surface area (Å²) in [5.41, 5.74) is 4.96. The largest absolute Gasteiger partial charge is 0.411 e. The van der Waals surface area contributed by atoms with Crippen LogP contribution < -0.4 is 5.73 Å². The van der Waals surface area contributed by atoms with Gasteiger partial charge in [-0.25, -0.2) is 9.78 Å². The van der Waals surface area contributed by atoms with Crippen molar-refractivity contribution in [2.24, 2.45) is 10.9 Å². The lowest BCUT2D eigenvalue weighted by Crippen LogP contribution is -2.37. The van der Waals surface area contributed by atoms with Gasteiger partial charge >= 0.3 is 0 Å². The first-order valence-electron chi connectivity index (χ1n) is 3.50. The molecular formula is C7H12N2O4. The highest BCUT2D eigenvalue weighted by Gasteiger charge is 2.21. The normalized spacial score (nSPS) is 13.8. The van der Waals surface area contributed by atoms with E-state index in [0.717, 1.165) is 0 Å². The Morgan fingerprint density at radius 2 is 2.46 bits per heavy atom. The summed E-state index contributed by atoms with van der Waals surface area (Å²) >= 11 is 0. The van der Waals surface area contributed by atoms with E-state index in [1.165, 1.54) is 13.0 Å². The minimum Gasteiger partial charge on any atom is -0.411 e. The molecular weight excluding hydrogens is 176 g/mol. The topological polar surface area (TPSA) is 94.1 Å². The Kier molecular flexibility index (Phi) is 5.49. The zero-order valence-electron chi connectivity index (χ0n) is 7.27. The van der Waals surface area contributed by atoms with Gasteiger partial charge in [-0.05, 0) is 6.92 Å². The number of oxime groups is 1. The van der Waals surface area contributed by atoms with Gasteiger partial charge in [0.25, 0.3) is 5.91 Å². The van der Waals surface area contributed by atoms with Gasteiger partial charge in [0.15, 0.2) is 0 Å². The molecule has 6 nitrogen and oxygen atoms in total. The van der Waals surface area contributed by atoms with Crippen molar-refractivity contribution in [2.45, 2.75) is 13.0 Å². The molecule has 0 aromatic carbocycles. The Bertz CT molecular complexity index is 215. The highest BCUT2D eigenvalue weighted by atomic mass is 17.2. The van der Waals surface area contributed by atoms with Crippen LogP contribution in [-0.2, 0) is 14.6 Å². The lowest BCUT2D eigenvalue weighted by Gasteiger charge is -2.10. The van der Waals surface area contributed by atoms with E-state index in [9.17, 15) is 4.79 Å². The van der Waals surface area contributed by atoms with Gasteiger partial charge in [0.05, 0.1) is 5.71 Å². The smallest absolute Gasteiger partial charge is 0.255 e. The van der Waals surface area contributed by atoms with Gasteiger partial charge in [0.1, 0.15) is 6.61 Å². The average molecular weight is 188 g/mol. The molecule has 74 valence electrons. The monoisotopic (exact) mass is 188 g/mol. The van der Waals surface area contributed by atoms with Gasteiger partial charge in [-0.3, -0.25) is 4.79 Å². The first-order valence-corrected chi connectivity index (χ1v) is 3.50. The Hall–Kier alpha value is -1.40. The van der Waals surface area contributed by atoms with Crippen LogP contribution in [0.1, 0.15) is 6.92 Å². The van der Waals surface area contributed by atoms with Crippen molar-refractivity contribution in [3.8, 4) is 0 Å². The molecule has 0 aliphatic carbocycles. The summed E-state index contributed by atoms with van der Waals surface area (Å²) in [6.45, 7) is 4.86. The number of primary amides is 1. The van der Waals surface area contributed by atoms with Crippen molar-refractivity contribution in [1.29, 1.82) is 0 Å². The third-order valence-electron chi connectivity index (χ3n) is 1.15. The summed E-state index contributed by atoms with van der Waals surface area (Å²) < 4.78 is 0. The molecule has 0 radical (unpaired) electrons. The molecule has 0 aliphatic heterocycles. The molecule has 1 amide bonds. The molecule has 0 aromatic heterocycles. The van der Waals surface area contributed by atoms with E-state index in [1.54, 1.807) is 0 Å². The summed E-state index contributed by atoms with van der Waals surface area (Å²) in [6, 6.07) is 0. The van der Waals surface area contributed by atoms with Crippen LogP contribution in [-0.4, -0.2) is 29.5 Å². The summed E-state index contributed by atoms with van der Waals surface area (Å²) in [6.07, 6.45) is 0.258. The highest BCUT2D eigenvalue weighted by Crippen LogP contribution is 1.96. The number of nitrogens with two attached hydrogens (primary N) is 1. The lowest BCUT2D eigenvalue weighted by molar-refractivity contribution is -0.295. The zero-order chi connectivity index (χ0) is 10.3. The van der Waals surface area contributed by atoms with Crippen molar-refractivity contribution in [3.05, 3.63) is 12.7 Å². The van der Waals surface area contributed by atoms with Crippen molar-refractivity contribution in [3.63, 3.8) is 0 Å². The second kappa shape index (κ2) is 6.15. The van der Waals surface area contributed by atoms with Gasteiger partial charge < -0.3 is 10.9 Å². The highest BCUT2D eigenvalue weighted by molar-refractivity contribution is 6.05. The number of carbonyl (C=O) groups is 1. The van der Waals surface area contributed by atoms with Gasteiger partial charge in [0, 0.05) is 0 Å². The van der Waals surface area contributed by atoms with Crippen molar-refractivity contribution in [1.82, 2.24) is 0 Å². The molecule has 0 aliphatic rings. The summed E-state index contributed by atoms with van der Waals surface area (Å²) in [4.78, 5) is 19.8. The third-order valence-corrected chi connectivity index (χ3v) is 1.15. The minimum atomic E-state index is -1.18. The number of hydrogen-bond donors (Lipinski definition) is 2.